The quantitative estimate of drug-likeness (QED) is 0.585. The number of carbonyl (C=O) groups excluding carboxylic acids is 2. The summed E-state index contributed by atoms with van der Waals surface area (Å²) in [5.74, 6) is -0.831. The highest BCUT2D eigenvalue weighted by molar-refractivity contribution is 6.52. The summed E-state index contributed by atoms with van der Waals surface area (Å²) in [6, 6.07) is 5.51. The van der Waals surface area contributed by atoms with Crippen molar-refractivity contribution < 1.29 is 14.3 Å². The molecule has 0 unspecified atom stereocenters. The molecular weight excluding hydrogens is 218 g/mol. The molecule has 90 valence electrons. The number of methoxy groups -OCH3 is 1. The van der Waals surface area contributed by atoms with Crippen molar-refractivity contribution in [2.45, 2.75) is 13.3 Å². The molecule has 2 rings (SSSR count). The number of amides is 1. The summed E-state index contributed by atoms with van der Waals surface area (Å²) in [6.07, 6.45) is 0.725. The standard InChI is InChI=1S/C13H15NO3/c1-9-4-5-11-10(8-9)12(15)13(16)14(11)6-3-7-17-2/h4-5,8H,3,6-7H2,1-2H3. The van der Waals surface area contributed by atoms with E-state index in [-0.39, 0.29) is 0 Å². The van der Waals surface area contributed by atoms with E-state index >= 15 is 0 Å². The second kappa shape index (κ2) is 4.67. The summed E-state index contributed by atoms with van der Waals surface area (Å²) < 4.78 is 4.95. The third-order valence-corrected chi connectivity index (χ3v) is 2.86. The summed E-state index contributed by atoms with van der Waals surface area (Å²) in [7, 11) is 1.62. The van der Waals surface area contributed by atoms with Gasteiger partial charge in [-0.05, 0) is 25.5 Å². The van der Waals surface area contributed by atoms with Gasteiger partial charge in [-0.2, -0.15) is 0 Å². The lowest BCUT2D eigenvalue weighted by atomic mass is 10.1. The van der Waals surface area contributed by atoms with Crippen molar-refractivity contribution in [3.63, 3.8) is 0 Å². The van der Waals surface area contributed by atoms with Gasteiger partial charge in [-0.3, -0.25) is 9.59 Å². The van der Waals surface area contributed by atoms with Crippen LogP contribution in [-0.2, 0) is 9.53 Å². The second-order valence-electron chi connectivity index (χ2n) is 4.15. The molecule has 4 heteroatoms. The Labute approximate surface area is 100 Å². The van der Waals surface area contributed by atoms with Gasteiger partial charge in [0.15, 0.2) is 0 Å². The maximum absolute atomic E-state index is 11.8. The minimum Gasteiger partial charge on any atom is -0.385 e. The van der Waals surface area contributed by atoms with Crippen LogP contribution in [0.25, 0.3) is 0 Å². The van der Waals surface area contributed by atoms with Gasteiger partial charge >= 0.3 is 0 Å². The molecule has 0 atom stereocenters. The van der Waals surface area contributed by atoms with E-state index in [1.54, 1.807) is 13.2 Å². The Bertz CT molecular complexity index is 468. The number of anilines is 1. The number of ketones is 1. The molecule has 0 saturated carbocycles. The molecule has 0 aromatic heterocycles. The highest BCUT2D eigenvalue weighted by Crippen LogP contribution is 2.29. The van der Waals surface area contributed by atoms with Crippen molar-refractivity contribution in [2.24, 2.45) is 0 Å². The Hall–Kier alpha value is -1.68. The van der Waals surface area contributed by atoms with Gasteiger partial charge in [0.2, 0.25) is 0 Å². The summed E-state index contributed by atoms with van der Waals surface area (Å²) in [4.78, 5) is 25.1. The summed E-state index contributed by atoms with van der Waals surface area (Å²) in [6.45, 7) is 3.01. The van der Waals surface area contributed by atoms with Gasteiger partial charge in [-0.1, -0.05) is 11.6 Å². The first-order valence-electron chi connectivity index (χ1n) is 5.61. The van der Waals surface area contributed by atoms with E-state index < -0.39 is 11.7 Å². The van der Waals surface area contributed by atoms with E-state index in [1.165, 1.54) is 4.90 Å². The third-order valence-electron chi connectivity index (χ3n) is 2.86. The number of benzene rings is 1. The molecule has 1 heterocycles. The fourth-order valence-electron chi connectivity index (χ4n) is 2.00. The zero-order valence-corrected chi connectivity index (χ0v) is 10.0. The molecule has 4 nitrogen and oxygen atoms in total. The highest BCUT2D eigenvalue weighted by atomic mass is 16.5. The smallest absolute Gasteiger partial charge is 0.299 e. The van der Waals surface area contributed by atoms with Crippen LogP contribution in [-0.4, -0.2) is 32.0 Å². The average molecular weight is 233 g/mol. The molecule has 0 spiro atoms. The van der Waals surface area contributed by atoms with E-state index in [1.807, 2.05) is 19.1 Å². The van der Waals surface area contributed by atoms with E-state index in [9.17, 15) is 9.59 Å². The van der Waals surface area contributed by atoms with Gasteiger partial charge in [0.25, 0.3) is 11.7 Å². The molecule has 17 heavy (non-hydrogen) atoms. The van der Waals surface area contributed by atoms with Crippen LogP contribution in [0.15, 0.2) is 18.2 Å². The topological polar surface area (TPSA) is 46.6 Å². The summed E-state index contributed by atoms with van der Waals surface area (Å²) in [5, 5.41) is 0. The van der Waals surface area contributed by atoms with Crippen LogP contribution in [0.4, 0.5) is 5.69 Å². The number of Topliss-reactive ketones (excluding diaryl/α,β-unsaturated/α-hetero) is 1. The maximum atomic E-state index is 11.8. The number of ether oxygens (including phenoxy) is 1. The number of nitrogens with zero attached hydrogens (tertiary/aromatic N) is 1. The first-order chi connectivity index (χ1) is 8.15. The number of aryl methyl sites for hydroxylation is 1. The van der Waals surface area contributed by atoms with Crippen molar-refractivity contribution in [2.75, 3.05) is 25.2 Å². The van der Waals surface area contributed by atoms with Crippen LogP contribution in [0.5, 0.6) is 0 Å². The Morgan fingerprint density at radius 2 is 2.06 bits per heavy atom. The normalized spacial score (nSPS) is 14.4. The molecule has 1 aliphatic rings. The third kappa shape index (κ3) is 2.08. The highest BCUT2D eigenvalue weighted by Gasteiger charge is 2.35. The van der Waals surface area contributed by atoms with Crippen molar-refractivity contribution in [1.82, 2.24) is 0 Å². The minimum absolute atomic E-state index is 0.402. The Kier molecular flexibility index (Phi) is 3.24. The molecule has 1 aromatic rings. The molecule has 0 fully saturated rings. The van der Waals surface area contributed by atoms with Crippen LogP contribution < -0.4 is 4.90 Å². The molecule has 1 aliphatic heterocycles. The molecule has 0 saturated heterocycles. The predicted molar refractivity (Wildman–Crippen MR) is 64.4 cm³/mol. The fourth-order valence-corrected chi connectivity index (χ4v) is 2.00. The molecule has 1 amide bonds. The number of carbonyl (C=O) groups is 2. The zero-order valence-electron chi connectivity index (χ0n) is 10.0. The van der Waals surface area contributed by atoms with Crippen LogP contribution in [0.1, 0.15) is 22.3 Å². The molecule has 0 radical (unpaired) electrons. The maximum Gasteiger partial charge on any atom is 0.299 e. The van der Waals surface area contributed by atoms with E-state index in [0.717, 1.165) is 17.7 Å². The SMILES string of the molecule is COCCCN1C(=O)C(=O)c2cc(C)ccc21. The lowest BCUT2D eigenvalue weighted by Gasteiger charge is -2.16. The summed E-state index contributed by atoms with van der Waals surface area (Å²) in [5.41, 5.74) is 2.23. The van der Waals surface area contributed by atoms with E-state index in [0.29, 0.717) is 18.7 Å². The minimum atomic E-state index is -0.429. The van der Waals surface area contributed by atoms with Gasteiger partial charge < -0.3 is 9.64 Å². The van der Waals surface area contributed by atoms with Crippen LogP contribution in [0.2, 0.25) is 0 Å². The largest absolute Gasteiger partial charge is 0.385 e. The zero-order chi connectivity index (χ0) is 12.4. The predicted octanol–water partition coefficient (Wildman–Crippen LogP) is 1.56. The lowest BCUT2D eigenvalue weighted by molar-refractivity contribution is -0.114. The monoisotopic (exact) mass is 233 g/mol. The Morgan fingerprint density at radius 1 is 1.29 bits per heavy atom. The Morgan fingerprint density at radius 3 is 2.76 bits per heavy atom. The van der Waals surface area contributed by atoms with Crippen molar-refractivity contribution >= 4 is 17.4 Å². The van der Waals surface area contributed by atoms with Crippen LogP contribution in [0, 0.1) is 6.92 Å². The molecule has 0 N–H and O–H groups in total. The van der Waals surface area contributed by atoms with Crippen molar-refractivity contribution in [1.29, 1.82) is 0 Å². The van der Waals surface area contributed by atoms with Crippen LogP contribution in [0.3, 0.4) is 0 Å². The fraction of sp³-hybridized carbons (Fsp3) is 0.385. The van der Waals surface area contributed by atoms with Gasteiger partial charge in [-0.25, -0.2) is 0 Å². The molecule has 1 aromatic carbocycles. The van der Waals surface area contributed by atoms with Gasteiger partial charge in [0.1, 0.15) is 0 Å². The van der Waals surface area contributed by atoms with E-state index in [2.05, 4.69) is 0 Å². The Balaban J connectivity index is 2.25. The second-order valence-corrected chi connectivity index (χ2v) is 4.15. The number of hydrogen-bond donors (Lipinski definition) is 0. The van der Waals surface area contributed by atoms with Gasteiger partial charge in [0.05, 0.1) is 11.3 Å². The lowest BCUT2D eigenvalue weighted by Crippen LogP contribution is -2.31. The van der Waals surface area contributed by atoms with E-state index in [4.69, 9.17) is 4.74 Å². The summed E-state index contributed by atoms with van der Waals surface area (Å²) >= 11 is 0. The van der Waals surface area contributed by atoms with Crippen molar-refractivity contribution in [3.8, 4) is 0 Å². The molecule has 0 bridgehead atoms. The van der Waals surface area contributed by atoms with Gasteiger partial charge in [-0.15, -0.1) is 0 Å². The van der Waals surface area contributed by atoms with Crippen molar-refractivity contribution in [3.05, 3.63) is 29.3 Å². The van der Waals surface area contributed by atoms with Gasteiger partial charge in [0, 0.05) is 20.3 Å². The number of fused-ring (bicyclic) bond motifs is 1. The number of rotatable bonds is 4. The average Bonchev–Trinajstić information content (AvgIpc) is 2.54. The first kappa shape index (κ1) is 11.8. The first-order valence-corrected chi connectivity index (χ1v) is 5.61. The molecular formula is C13H15NO3. The number of hydrogen-bond acceptors (Lipinski definition) is 3. The van der Waals surface area contributed by atoms with Crippen LogP contribution >= 0.6 is 0 Å². The molecule has 0 aliphatic carbocycles.